The summed E-state index contributed by atoms with van der Waals surface area (Å²) in [5, 5.41) is 3.09. The third-order valence-corrected chi connectivity index (χ3v) is 5.85. The van der Waals surface area contributed by atoms with Crippen LogP contribution in [-0.2, 0) is 11.2 Å². The molecule has 0 bridgehead atoms. The highest BCUT2D eigenvalue weighted by Gasteiger charge is 2.22. The van der Waals surface area contributed by atoms with Crippen molar-refractivity contribution in [3.8, 4) is 10.6 Å². The second-order valence-electron chi connectivity index (χ2n) is 5.72. The summed E-state index contributed by atoms with van der Waals surface area (Å²) in [6.07, 6.45) is 2.75. The summed E-state index contributed by atoms with van der Waals surface area (Å²) in [4.78, 5) is 21.4. The molecule has 0 saturated carbocycles. The van der Waals surface area contributed by atoms with Crippen molar-refractivity contribution >= 4 is 28.6 Å². The van der Waals surface area contributed by atoms with Gasteiger partial charge < -0.3 is 4.90 Å². The Bertz CT molecular complexity index is 610. The van der Waals surface area contributed by atoms with E-state index in [-0.39, 0.29) is 5.91 Å². The number of likely N-dealkylation sites (tertiary alicyclic amines) is 1. The summed E-state index contributed by atoms with van der Waals surface area (Å²) < 4.78 is 0. The lowest BCUT2D eigenvalue weighted by Gasteiger charge is -2.30. The number of carbonyl (C=O) groups is 1. The van der Waals surface area contributed by atoms with Crippen molar-refractivity contribution in [3.63, 3.8) is 0 Å². The minimum Gasteiger partial charge on any atom is -0.342 e. The lowest BCUT2D eigenvalue weighted by Crippen LogP contribution is -2.38. The minimum atomic E-state index is 0.253. The van der Waals surface area contributed by atoms with Gasteiger partial charge in [-0.25, -0.2) is 4.98 Å². The molecule has 3 heterocycles. The van der Waals surface area contributed by atoms with Crippen LogP contribution in [0.1, 0.15) is 29.7 Å². The van der Waals surface area contributed by atoms with Gasteiger partial charge in [-0.15, -0.1) is 22.7 Å². The van der Waals surface area contributed by atoms with Gasteiger partial charge >= 0.3 is 0 Å². The number of aryl methyl sites for hydroxylation is 1. The van der Waals surface area contributed by atoms with Crippen LogP contribution in [0.15, 0.2) is 17.5 Å². The van der Waals surface area contributed by atoms with Gasteiger partial charge in [-0.3, -0.25) is 4.79 Å². The largest absolute Gasteiger partial charge is 0.342 e. The van der Waals surface area contributed by atoms with Crippen molar-refractivity contribution in [1.82, 2.24) is 9.88 Å². The number of amides is 1. The highest BCUT2D eigenvalue weighted by atomic mass is 32.1. The third kappa shape index (κ3) is 3.35. The van der Waals surface area contributed by atoms with Gasteiger partial charge in [0.05, 0.1) is 22.0 Å². The van der Waals surface area contributed by atoms with Crippen molar-refractivity contribution < 1.29 is 4.79 Å². The summed E-state index contributed by atoms with van der Waals surface area (Å²) in [6, 6.07) is 4.11. The fourth-order valence-electron chi connectivity index (χ4n) is 2.70. The van der Waals surface area contributed by atoms with Gasteiger partial charge in [-0.05, 0) is 37.1 Å². The fraction of sp³-hybridized carbons (Fsp3) is 0.500. The van der Waals surface area contributed by atoms with E-state index in [9.17, 15) is 4.79 Å². The Balaban J connectivity index is 1.74. The zero-order chi connectivity index (χ0) is 14.8. The molecule has 2 aromatic heterocycles. The molecule has 0 N–H and O–H groups in total. The van der Waals surface area contributed by atoms with Crippen LogP contribution in [0.4, 0.5) is 0 Å². The van der Waals surface area contributed by atoms with Crippen LogP contribution in [0.25, 0.3) is 10.6 Å². The van der Waals surface area contributed by atoms with E-state index < -0.39 is 0 Å². The number of rotatable bonds is 3. The molecule has 21 heavy (non-hydrogen) atoms. The molecule has 0 radical (unpaired) electrons. The molecule has 3 nitrogen and oxygen atoms in total. The second kappa shape index (κ2) is 6.28. The van der Waals surface area contributed by atoms with Crippen LogP contribution in [0.5, 0.6) is 0 Å². The molecule has 0 unspecified atom stereocenters. The Labute approximate surface area is 133 Å². The molecule has 5 heteroatoms. The first-order valence-electron chi connectivity index (χ1n) is 7.41. The Morgan fingerprint density at radius 2 is 2.19 bits per heavy atom. The lowest BCUT2D eigenvalue weighted by atomic mass is 9.99. The van der Waals surface area contributed by atoms with Gasteiger partial charge in [-0.2, -0.15) is 0 Å². The van der Waals surface area contributed by atoms with Crippen molar-refractivity contribution in [2.24, 2.45) is 5.92 Å². The van der Waals surface area contributed by atoms with Crippen LogP contribution in [-0.4, -0.2) is 28.9 Å². The number of hydrogen-bond acceptors (Lipinski definition) is 4. The number of nitrogens with zero attached hydrogens (tertiary/aromatic N) is 2. The zero-order valence-corrected chi connectivity index (χ0v) is 14.1. The molecule has 0 aliphatic carbocycles. The number of piperidine rings is 1. The van der Waals surface area contributed by atoms with E-state index in [4.69, 9.17) is 0 Å². The van der Waals surface area contributed by atoms with Gasteiger partial charge in [0.1, 0.15) is 0 Å². The number of carbonyl (C=O) groups excluding carboxylic acids is 1. The Morgan fingerprint density at radius 3 is 2.86 bits per heavy atom. The van der Waals surface area contributed by atoms with Gasteiger partial charge in [0, 0.05) is 18.0 Å². The van der Waals surface area contributed by atoms with Crippen LogP contribution in [0, 0.1) is 12.8 Å². The molecule has 1 aliphatic heterocycles. The van der Waals surface area contributed by atoms with Crippen LogP contribution in [0.2, 0.25) is 0 Å². The zero-order valence-electron chi connectivity index (χ0n) is 12.5. The summed E-state index contributed by atoms with van der Waals surface area (Å²) in [7, 11) is 0. The van der Waals surface area contributed by atoms with Gasteiger partial charge in [0.15, 0.2) is 0 Å². The predicted octanol–water partition coefficient (Wildman–Crippen LogP) is 3.98. The smallest absolute Gasteiger partial charge is 0.227 e. The minimum absolute atomic E-state index is 0.253. The first kappa shape index (κ1) is 14.7. The standard InChI is InChI=1S/C16H20N2OS2/c1-11-5-7-18(8-6-11)15(19)10-14-16(17-12(2)21-14)13-4-3-9-20-13/h3-4,9,11H,5-8,10H2,1-2H3. The first-order valence-corrected chi connectivity index (χ1v) is 9.11. The quantitative estimate of drug-likeness (QED) is 0.857. The maximum Gasteiger partial charge on any atom is 0.227 e. The Hall–Kier alpha value is -1.20. The summed E-state index contributed by atoms with van der Waals surface area (Å²) in [5.74, 6) is 1.00. The molecule has 1 fully saturated rings. The van der Waals surface area contributed by atoms with E-state index in [1.807, 2.05) is 17.9 Å². The fourth-order valence-corrected chi connectivity index (χ4v) is 4.45. The van der Waals surface area contributed by atoms with Crippen molar-refractivity contribution in [2.45, 2.75) is 33.1 Å². The number of thiophene rings is 1. The van der Waals surface area contributed by atoms with E-state index in [1.165, 1.54) is 0 Å². The number of aromatic nitrogens is 1. The van der Waals surface area contributed by atoms with Crippen LogP contribution < -0.4 is 0 Å². The van der Waals surface area contributed by atoms with Crippen molar-refractivity contribution in [1.29, 1.82) is 0 Å². The highest BCUT2D eigenvalue weighted by molar-refractivity contribution is 7.15. The molecule has 1 saturated heterocycles. The van der Waals surface area contributed by atoms with E-state index in [0.29, 0.717) is 6.42 Å². The summed E-state index contributed by atoms with van der Waals surface area (Å²) in [5.41, 5.74) is 1.01. The Kier molecular flexibility index (Phi) is 4.40. The number of hydrogen-bond donors (Lipinski definition) is 0. The molecule has 0 spiro atoms. The van der Waals surface area contributed by atoms with Gasteiger partial charge in [0.25, 0.3) is 0 Å². The molecule has 1 amide bonds. The normalized spacial score (nSPS) is 16.4. The Morgan fingerprint density at radius 1 is 1.43 bits per heavy atom. The molecular formula is C16H20N2OS2. The summed E-state index contributed by atoms with van der Waals surface area (Å²) >= 11 is 3.34. The van der Waals surface area contributed by atoms with E-state index in [2.05, 4.69) is 23.4 Å². The van der Waals surface area contributed by atoms with Gasteiger partial charge in [-0.1, -0.05) is 13.0 Å². The molecular weight excluding hydrogens is 300 g/mol. The van der Waals surface area contributed by atoms with Crippen molar-refractivity contribution in [3.05, 3.63) is 27.4 Å². The average Bonchev–Trinajstić information content (AvgIpc) is 3.09. The summed E-state index contributed by atoms with van der Waals surface area (Å²) in [6.45, 7) is 6.10. The number of thiazole rings is 1. The monoisotopic (exact) mass is 320 g/mol. The lowest BCUT2D eigenvalue weighted by molar-refractivity contribution is -0.131. The molecule has 0 atom stereocenters. The second-order valence-corrected chi connectivity index (χ2v) is 7.96. The molecule has 3 rings (SSSR count). The SMILES string of the molecule is Cc1nc(-c2cccs2)c(CC(=O)N2CCC(C)CC2)s1. The van der Waals surface area contributed by atoms with Crippen LogP contribution in [0.3, 0.4) is 0 Å². The van der Waals surface area contributed by atoms with E-state index in [1.54, 1.807) is 22.7 Å². The highest BCUT2D eigenvalue weighted by Crippen LogP contribution is 2.32. The van der Waals surface area contributed by atoms with E-state index in [0.717, 1.165) is 52.3 Å². The average molecular weight is 320 g/mol. The first-order chi connectivity index (χ1) is 10.1. The molecule has 1 aliphatic rings. The van der Waals surface area contributed by atoms with E-state index >= 15 is 0 Å². The molecule has 2 aromatic rings. The topological polar surface area (TPSA) is 33.2 Å². The maximum absolute atomic E-state index is 12.5. The molecule has 112 valence electrons. The van der Waals surface area contributed by atoms with Crippen LogP contribution >= 0.6 is 22.7 Å². The third-order valence-electron chi connectivity index (χ3n) is 4.01. The molecule has 0 aromatic carbocycles. The van der Waals surface area contributed by atoms with Crippen molar-refractivity contribution in [2.75, 3.05) is 13.1 Å². The van der Waals surface area contributed by atoms with Gasteiger partial charge in [0.2, 0.25) is 5.91 Å². The maximum atomic E-state index is 12.5. The predicted molar refractivity (Wildman–Crippen MR) is 88.8 cm³/mol.